The Morgan fingerprint density at radius 2 is 1.95 bits per heavy atom. The summed E-state index contributed by atoms with van der Waals surface area (Å²) in [5, 5.41) is 16.0. The highest BCUT2D eigenvalue weighted by molar-refractivity contribution is 5.77. The molecule has 38 heavy (non-hydrogen) atoms. The van der Waals surface area contributed by atoms with E-state index in [4.69, 9.17) is 4.98 Å². The first-order chi connectivity index (χ1) is 18.5. The van der Waals surface area contributed by atoms with E-state index in [0.29, 0.717) is 18.1 Å². The number of fused-ring (bicyclic) bond motifs is 1. The predicted octanol–water partition coefficient (Wildman–Crippen LogP) is 4.74. The molecule has 10 heteroatoms. The lowest BCUT2D eigenvalue weighted by molar-refractivity contribution is -0.138. The lowest BCUT2D eigenvalue weighted by Gasteiger charge is -2.24. The number of carboxylic acids is 1. The largest absolute Gasteiger partial charge is 0.480 e. The second kappa shape index (κ2) is 13.8. The summed E-state index contributed by atoms with van der Waals surface area (Å²) in [4.78, 5) is 26.7. The van der Waals surface area contributed by atoms with Crippen molar-refractivity contribution in [2.75, 3.05) is 36.8 Å². The maximum absolute atomic E-state index is 13.2. The third kappa shape index (κ3) is 8.17. The molecule has 0 saturated heterocycles. The second-order valence-electron chi connectivity index (χ2n) is 9.47. The van der Waals surface area contributed by atoms with Crippen LogP contribution in [-0.4, -0.2) is 69.6 Å². The summed E-state index contributed by atoms with van der Waals surface area (Å²) < 4.78 is 26.5. The quantitative estimate of drug-likeness (QED) is 0.260. The Labute approximate surface area is 221 Å². The number of halogens is 2. The molecule has 0 unspecified atom stereocenters. The maximum Gasteiger partial charge on any atom is 0.326 e. The van der Waals surface area contributed by atoms with E-state index >= 15 is 0 Å². The number of rotatable bonds is 14. The number of aliphatic carboxylic acids is 1. The number of aryl methyl sites for hydroxylation is 2. The standard InChI is InChI=1S/C28H34F2N6O2/c29-25(30)18-36(15-5-4-10-22-12-11-21-9-6-14-31-27(21)34-22)16-13-23(28(37)38)35-26-17-24(32-19-33-26)20-7-2-1-3-8-20/h1-3,7-8,11-12,17,19,23,25H,4-6,9-10,13-16,18H2,(H,31,34)(H,37,38)(H,32,33,35)/t23-/m0/s1. The van der Waals surface area contributed by atoms with Gasteiger partial charge in [0.25, 0.3) is 6.43 Å². The third-order valence-corrected chi connectivity index (χ3v) is 6.60. The Kier molecular flexibility index (Phi) is 9.91. The molecule has 0 radical (unpaired) electrons. The Bertz CT molecular complexity index is 1180. The number of pyridine rings is 1. The SMILES string of the molecule is O=C(O)[C@H](CCN(CCCCc1ccc2c(n1)NCCC2)CC(F)F)Nc1cc(-c2ccccc2)ncn1. The van der Waals surface area contributed by atoms with Gasteiger partial charge in [0, 0.05) is 30.4 Å². The van der Waals surface area contributed by atoms with Gasteiger partial charge >= 0.3 is 5.97 Å². The van der Waals surface area contributed by atoms with Crippen LogP contribution in [0.15, 0.2) is 54.9 Å². The van der Waals surface area contributed by atoms with Crippen LogP contribution in [0.5, 0.6) is 0 Å². The number of aromatic nitrogens is 3. The fourth-order valence-electron chi connectivity index (χ4n) is 4.59. The molecule has 4 rings (SSSR count). The van der Waals surface area contributed by atoms with Crippen LogP contribution in [0, 0.1) is 0 Å². The molecule has 0 spiro atoms. The zero-order valence-corrected chi connectivity index (χ0v) is 21.3. The number of alkyl halides is 2. The minimum Gasteiger partial charge on any atom is -0.480 e. The van der Waals surface area contributed by atoms with Gasteiger partial charge in [-0.25, -0.2) is 28.5 Å². The number of hydrogen-bond acceptors (Lipinski definition) is 7. The molecular weight excluding hydrogens is 490 g/mol. The summed E-state index contributed by atoms with van der Waals surface area (Å²) in [6.07, 6.45) is 3.50. The van der Waals surface area contributed by atoms with E-state index in [9.17, 15) is 18.7 Å². The van der Waals surface area contributed by atoms with Crippen molar-refractivity contribution in [3.8, 4) is 11.3 Å². The topological polar surface area (TPSA) is 103 Å². The number of hydrogen-bond donors (Lipinski definition) is 3. The van der Waals surface area contributed by atoms with Gasteiger partial charge in [0.05, 0.1) is 12.2 Å². The minimum atomic E-state index is -2.49. The smallest absolute Gasteiger partial charge is 0.326 e. The fraction of sp³-hybridized carbons (Fsp3) is 0.429. The van der Waals surface area contributed by atoms with Crippen LogP contribution < -0.4 is 10.6 Å². The van der Waals surface area contributed by atoms with Crippen molar-refractivity contribution in [1.29, 1.82) is 0 Å². The molecule has 0 saturated carbocycles. The van der Waals surface area contributed by atoms with Crippen LogP contribution >= 0.6 is 0 Å². The summed E-state index contributed by atoms with van der Waals surface area (Å²) in [5.74, 6) is 0.271. The summed E-state index contributed by atoms with van der Waals surface area (Å²) in [5.41, 5.74) is 3.78. The minimum absolute atomic E-state index is 0.158. The van der Waals surface area contributed by atoms with Crippen LogP contribution in [0.25, 0.3) is 11.3 Å². The predicted molar refractivity (Wildman–Crippen MR) is 144 cm³/mol. The number of unbranched alkanes of at least 4 members (excludes halogenated alkanes) is 1. The van der Waals surface area contributed by atoms with Crippen molar-refractivity contribution in [3.63, 3.8) is 0 Å². The van der Waals surface area contributed by atoms with Crippen LogP contribution in [0.2, 0.25) is 0 Å². The molecule has 2 aromatic heterocycles. The highest BCUT2D eigenvalue weighted by Crippen LogP contribution is 2.21. The van der Waals surface area contributed by atoms with Crippen LogP contribution in [-0.2, 0) is 17.6 Å². The van der Waals surface area contributed by atoms with Gasteiger partial charge in [0.2, 0.25) is 0 Å². The fourth-order valence-corrected chi connectivity index (χ4v) is 4.59. The molecule has 1 aromatic carbocycles. The van der Waals surface area contributed by atoms with Crippen LogP contribution in [0.4, 0.5) is 20.4 Å². The van der Waals surface area contributed by atoms with Gasteiger partial charge in [0.15, 0.2) is 0 Å². The molecule has 1 aliphatic rings. The zero-order chi connectivity index (χ0) is 26.7. The van der Waals surface area contributed by atoms with Crippen molar-refractivity contribution in [2.45, 2.75) is 51.0 Å². The normalized spacial score (nSPS) is 13.7. The highest BCUT2D eigenvalue weighted by Gasteiger charge is 2.21. The molecular formula is C28H34F2N6O2. The molecule has 3 aromatic rings. The average Bonchev–Trinajstić information content (AvgIpc) is 2.93. The highest BCUT2D eigenvalue weighted by atomic mass is 19.3. The molecule has 1 atom stereocenters. The number of benzene rings is 1. The van der Waals surface area contributed by atoms with Crippen molar-refractivity contribution in [1.82, 2.24) is 19.9 Å². The summed E-state index contributed by atoms with van der Waals surface area (Å²) in [6.45, 7) is 1.24. The Hall–Kier alpha value is -3.66. The van der Waals surface area contributed by atoms with E-state index in [1.165, 1.54) is 11.9 Å². The van der Waals surface area contributed by atoms with Crippen LogP contribution in [0.1, 0.15) is 36.9 Å². The van der Waals surface area contributed by atoms with Crippen molar-refractivity contribution >= 4 is 17.6 Å². The van der Waals surface area contributed by atoms with Crippen molar-refractivity contribution in [3.05, 3.63) is 66.1 Å². The first-order valence-corrected chi connectivity index (χ1v) is 13.1. The number of carbonyl (C=O) groups is 1. The monoisotopic (exact) mass is 524 g/mol. The first-order valence-electron chi connectivity index (χ1n) is 13.1. The van der Waals surface area contributed by atoms with Gasteiger partial charge < -0.3 is 15.7 Å². The Morgan fingerprint density at radius 1 is 1.11 bits per heavy atom. The molecule has 0 aliphatic carbocycles. The average molecular weight is 525 g/mol. The number of carboxylic acid groups (broad SMARTS) is 1. The van der Waals surface area contributed by atoms with Gasteiger partial charge in [-0.2, -0.15) is 0 Å². The summed E-state index contributed by atoms with van der Waals surface area (Å²) in [6, 6.07) is 14.4. The van der Waals surface area contributed by atoms with E-state index in [1.807, 2.05) is 36.4 Å². The summed E-state index contributed by atoms with van der Waals surface area (Å²) in [7, 11) is 0. The maximum atomic E-state index is 13.2. The Balaban J connectivity index is 1.29. The number of nitrogens with one attached hydrogen (secondary N) is 2. The van der Waals surface area contributed by atoms with Crippen LogP contribution in [0.3, 0.4) is 0 Å². The zero-order valence-electron chi connectivity index (χ0n) is 21.3. The van der Waals surface area contributed by atoms with E-state index in [2.05, 4.69) is 26.7 Å². The molecule has 0 bridgehead atoms. The van der Waals surface area contributed by atoms with Crippen molar-refractivity contribution in [2.24, 2.45) is 0 Å². The van der Waals surface area contributed by atoms with Gasteiger partial charge in [0.1, 0.15) is 24.0 Å². The van der Waals surface area contributed by atoms with Gasteiger partial charge in [-0.3, -0.25) is 4.90 Å². The second-order valence-corrected chi connectivity index (χ2v) is 9.47. The lowest BCUT2D eigenvalue weighted by Crippen LogP contribution is -2.37. The summed E-state index contributed by atoms with van der Waals surface area (Å²) >= 11 is 0. The van der Waals surface area contributed by atoms with E-state index in [0.717, 1.165) is 55.7 Å². The molecule has 202 valence electrons. The molecule has 3 N–H and O–H groups in total. The number of nitrogens with zero attached hydrogens (tertiary/aromatic N) is 4. The molecule has 0 fully saturated rings. The third-order valence-electron chi connectivity index (χ3n) is 6.60. The van der Waals surface area contributed by atoms with Gasteiger partial charge in [-0.15, -0.1) is 0 Å². The molecule has 3 heterocycles. The Morgan fingerprint density at radius 3 is 2.74 bits per heavy atom. The first kappa shape index (κ1) is 27.4. The lowest BCUT2D eigenvalue weighted by atomic mass is 10.1. The molecule has 8 nitrogen and oxygen atoms in total. The van der Waals surface area contributed by atoms with Gasteiger partial charge in [-0.05, 0) is 56.7 Å². The van der Waals surface area contributed by atoms with E-state index in [1.54, 1.807) is 11.0 Å². The number of anilines is 2. The molecule has 0 amide bonds. The van der Waals surface area contributed by atoms with Crippen molar-refractivity contribution < 1.29 is 18.7 Å². The molecule has 1 aliphatic heterocycles. The van der Waals surface area contributed by atoms with E-state index < -0.39 is 18.4 Å². The van der Waals surface area contributed by atoms with E-state index in [-0.39, 0.29) is 19.5 Å². The van der Waals surface area contributed by atoms with Gasteiger partial charge in [-0.1, -0.05) is 36.4 Å².